The molecule has 3 rings (SSSR count). The lowest BCUT2D eigenvalue weighted by Crippen LogP contribution is -2.14. The summed E-state index contributed by atoms with van der Waals surface area (Å²) in [6, 6.07) is 11.9. The molecule has 19 heavy (non-hydrogen) atoms. The van der Waals surface area contributed by atoms with Crippen molar-refractivity contribution < 1.29 is 0 Å². The fourth-order valence-corrected chi connectivity index (χ4v) is 2.40. The van der Waals surface area contributed by atoms with Gasteiger partial charge < -0.3 is 5.73 Å². The highest BCUT2D eigenvalue weighted by Gasteiger charge is 2.14. The van der Waals surface area contributed by atoms with Gasteiger partial charge in [-0.15, -0.1) is 0 Å². The van der Waals surface area contributed by atoms with Crippen molar-refractivity contribution in [2.24, 2.45) is 5.73 Å². The number of aryl methyl sites for hydroxylation is 1. The lowest BCUT2D eigenvalue weighted by atomic mass is 9.94. The quantitative estimate of drug-likeness (QED) is 0.759. The number of fused-ring (bicyclic) bond motifs is 1. The third-order valence-electron chi connectivity index (χ3n) is 3.41. The van der Waals surface area contributed by atoms with Crippen LogP contribution in [0.5, 0.6) is 0 Å². The van der Waals surface area contributed by atoms with Crippen molar-refractivity contribution in [1.82, 2.24) is 9.97 Å². The minimum Gasteiger partial charge on any atom is -0.320 e. The molecule has 0 aliphatic heterocycles. The van der Waals surface area contributed by atoms with Gasteiger partial charge in [-0.25, -0.2) is 0 Å². The first-order valence-corrected chi connectivity index (χ1v) is 6.27. The van der Waals surface area contributed by atoms with Gasteiger partial charge in [-0.2, -0.15) is 0 Å². The third kappa shape index (κ3) is 2.09. The molecule has 94 valence electrons. The van der Waals surface area contributed by atoms with Crippen LogP contribution in [-0.4, -0.2) is 9.97 Å². The van der Waals surface area contributed by atoms with Crippen molar-refractivity contribution in [2.45, 2.75) is 13.0 Å². The molecule has 1 aromatic carbocycles. The molecule has 2 heterocycles. The van der Waals surface area contributed by atoms with Gasteiger partial charge in [-0.3, -0.25) is 9.97 Å². The normalized spacial score (nSPS) is 12.5. The Labute approximate surface area is 112 Å². The van der Waals surface area contributed by atoms with Gasteiger partial charge in [-0.1, -0.05) is 18.2 Å². The van der Waals surface area contributed by atoms with Crippen LogP contribution in [0.1, 0.15) is 22.7 Å². The number of nitrogens with two attached hydrogens (primary N) is 1. The van der Waals surface area contributed by atoms with E-state index in [0.717, 1.165) is 27.6 Å². The molecule has 0 spiro atoms. The molecular weight excluding hydrogens is 234 g/mol. The number of benzene rings is 1. The van der Waals surface area contributed by atoms with Crippen LogP contribution in [0.3, 0.4) is 0 Å². The second kappa shape index (κ2) is 4.78. The lowest BCUT2D eigenvalue weighted by Gasteiger charge is -2.16. The predicted octanol–water partition coefficient (Wildman–Crippen LogP) is 2.99. The number of pyridine rings is 2. The summed E-state index contributed by atoms with van der Waals surface area (Å²) in [6.07, 6.45) is 5.43. The van der Waals surface area contributed by atoms with Gasteiger partial charge >= 0.3 is 0 Å². The van der Waals surface area contributed by atoms with Crippen LogP contribution >= 0.6 is 0 Å². The average Bonchev–Trinajstić information content (AvgIpc) is 2.46. The first-order valence-electron chi connectivity index (χ1n) is 6.27. The number of nitrogens with zero attached hydrogens (tertiary/aromatic N) is 2. The molecule has 0 fully saturated rings. The molecule has 2 N–H and O–H groups in total. The van der Waals surface area contributed by atoms with E-state index in [9.17, 15) is 0 Å². The SMILES string of the molecule is Cc1cnccc1C(N)c1cccc2ncccc12. The maximum atomic E-state index is 6.43. The largest absolute Gasteiger partial charge is 0.320 e. The second-order valence-corrected chi connectivity index (χ2v) is 4.63. The lowest BCUT2D eigenvalue weighted by molar-refractivity contribution is 0.865. The van der Waals surface area contributed by atoms with E-state index in [2.05, 4.69) is 22.1 Å². The molecule has 0 aliphatic carbocycles. The van der Waals surface area contributed by atoms with Crippen LogP contribution in [0.25, 0.3) is 10.9 Å². The first-order chi connectivity index (χ1) is 9.27. The number of hydrogen-bond acceptors (Lipinski definition) is 3. The summed E-state index contributed by atoms with van der Waals surface area (Å²) in [5.74, 6) is 0. The summed E-state index contributed by atoms with van der Waals surface area (Å²) in [6.45, 7) is 2.03. The van der Waals surface area contributed by atoms with Crippen LogP contribution in [-0.2, 0) is 0 Å². The van der Waals surface area contributed by atoms with Crippen molar-refractivity contribution in [1.29, 1.82) is 0 Å². The molecule has 2 aromatic heterocycles. The van der Waals surface area contributed by atoms with Crippen LogP contribution < -0.4 is 5.73 Å². The highest BCUT2D eigenvalue weighted by molar-refractivity contribution is 5.83. The first kappa shape index (κ1) is 11.8. The zero-order chi connectivity index (χ0) is 13.2. The summed E-state index contributed by atoms with van der Waals surface area (Å²) >= 11 is 0. The Morgan fingerprint density at radius 2 is 1.89 bits per heavy atom. The van der Waals surface area contributed by atoms with E-state index >= 15 is 0 Å². The Balaban J connectivity index is 2.17. The minimum atomic E-state index is -0.157. The molecule has 0 radical (unpaired) electrons. The smallest absolute Gasteiger partial charge is 0.0705 e. The maximum absolute atomic E-state index is 6.43. The summed E-state index contributed by atoms with van der Waals surface area (Å²) < 4.78 is 0. The molecule has 3 heteroatoms. The Hall–Kier alpha value is -2.26. The summed E-state index contributed by atoms with van der Waals surface area (Å²) in [5, 5.41) is 1.11. The zero-order valence-electron chi connectivity index (χ0n) is 10.7. The minimum absolute atomic E-state index is 0.157. The van der Waals surface area contributed by atoms with E-state index < -0.39 is 0 Å². The topological polar surface area (TPSA) is 51.8 Å². The summed E-state index contributed by atoms with van der Waals surface area (Å²) in [4.78, 5) is 8.49. The van der Waals surface area contributed by atoms with Crippen molar-refractivity contribution in [2.75, 3.05) is 0 Å². The average molecular weight is 249 g/mol. The number of aromatic nitrogens is 2. The fraction of sp³-hybridized carbons (Fsp3) is 0.125. The maximum Gasteiger partial charge on any atom is 0.0705 e. The van der Waals surface area contributed by atoms with Gasteiger partial charge in [0.25, 0.3) is 0 Å². The van der Waals surface area contributed by atoms with E-state index in [1.54, 1.807) is 12.4 Å². The summed E-state index contributed by atoms with van der Waals surface area (Å²) in [5.41, 5.74) is 10.7. The number of rotatable bonds is 2. The van der Waals surface area contributed by atoms with Gasteiger partial charge in [0.2, 0.25) is 0 Å². The van der Waals surface area contributed by atoms with Crippen molar-refractivity contribution in [3.8, 4) is 0 Å². The van der Waals surface area contributed by atoms with Gasteiger partial charge in [0.05, 0.1) is 11.6 Å². The highest BCUT2D eigenvalue weighted by atomic mass is 14.7. The van der Waals surface area contributed by atoms with E-state index in [0.29, 0.717) is 0 Å². The van der Waals surface area contributed by atoms with Crippen LogP contribution in [0.4, 0.5) is 0 Å². The van der Waals surface area contributed by atoms with E-state index in [1.807, 2.05) is 37.4 Å². The monoisotopic (exact) mass is 249 g/mol. The molecule has 3 aromatic rings. The van der Waals surface area contributed by atoms with Crippen LogP contribution in [0, 0.1) is 6.92 Å². The van der Waals surface area contributed by atoms with Crippen molar-refractivity contribution in [3.05, 3.63) is 71.7 Å². The second-order valence-electron chi connectivity index (χ2n) is 4.63. The van der Waals surface area contributed by atoms with E-state index in [1.165, 1.54) is 0 Å². The molecular formula is C16H15N3. The molecule has 3 nitrogen and oxygen atoms in total. The zero-order valence-corrected chi connectivity index (χ0v) is 10.7. The molecule has 1 unspecified atom stereocenters. The summed E-state index contributed by atoms with van der Waals surface area (Å²) in [7, 11) is 0. The molecule has 1 atom stereocenters. The van der Waals surface area contributed by atoms with Crippen LogP contribution in [0.2, 0.25) is 0 Å². The van der Waals surface area contributed by atoms with E-state index in [-0.39, 0.29) is 6.04 Å². The highest BCUT2D eigenvalue weighted by Crippen LogP contribution is 2.27. The Bertz CT molecular complexity index is 717. The van der Waals surface area contributed by atoms with Crippen molar-refractivity contribution >= 4 is 10.9 Å². The van der Waals surface area contributed by atoms with Crippen LogP contribution in [0.15, 0.2) is 55.0 Å². The van der Waals surface area contributed by atoms with E-state index in [4.69, 9.17) is 5.73 Å². The van der Waals surface area contributed by atoms with Gasteiger partial charge in [-0.05, 0) is 41.8 Å². The molecule has 0 bridgehead atoms. The van der Waals surface area contributed by atoms with Gasteiger partial charge in [0, 0.05) is 24.0 Å². The van der Waals surface area contributed by atoms with Crippen molar-refractivity contribution in [3.63, 3.8) is 0 Å². The molecule has 0 amide bonds. The Morgan fingerprint density at radius 3 is 2.74 bits per heavy atom. The Kier molecular flexibility index (Phi) is 2.97. The van der Waals surface area contributed by atoms with Gasteiger partial charge in [0.1, 0.15) is 0 Å². The third-order valence-corrected chi connectivity index (χ3v) is 3.41. The standard InChI is InChI=1S/C16H15N3/c1-11-10-18-9-7-12(11)16(17)14-4-2-6-15-13(14)5-3-8-19-15/h2-10,16H,17H2,1H3. The molecule has 0 saturated carbocycles. The predicted molar refractivity (Wildman–Crippen MR) is 76.7 cm³/mol. The fourth-order valence-electron chi connectivity index (χ4n) is 2.40. The Morgan fingerprint density at radius 1 is 1.00 bits per heavy atom. The van der Waals surface area contributed by atoms with Gasteiger partial charge in [0.15, 0.2) is 0 Å². The molecule has 0 saturated heterocycles. The molecule has 0 aliphatic rings. The number of hydrogen-bond donors (Lipinski definition) is 1.